The molecule has 3 heteroatoms. The van der Waals surface area contributed by atoms with Gasteiger partial charge in [0.25, 0.3) is 0 Å². The van der Waals surface area contributed by atoms with Gasteiger partial charge >= 0.3 is 0 Å². The predicted molar refractivity (Wildman–Crippen MR) is 46.6 cm³/mol. The van der Waals surface area contributed by atoms with Gasteiger partial charge in [-0.25, -0.2) is 0 Å². The van der Waals surface area contributed by atoms with Gasteiger partial charge in [-0.2, -0.15) is 0 Å². The van der Waals surface area contributed by atoms with E-state index < -0.39 is 0 Å². The zero-order valence-electron chi connectivity index (χ0n) is 5.90. The van der Waals surface area contributed by atoms with E-state index >= 15 is 0 Å². The Balaban J connectivity index is 3.36. The Hall–Kier alpha value is -0.530. The van der Waals surface area contributed by atoms with Gasteiger partial charge in [0.2, 0.25) is 0 Å². The van der Waals surface area contributed by atoms with Crippen molar-refractivity contribution in [2.24, 2.45) is 0 Å². The average Bonchev–Trinajstić information content (AvgIpc) is 2.01. The Morgan fingerprint density at radius 3 is 2.55 bits per heavy atom. The van der Waals surface area contributed by atoms with Crippen LogP contribution in [0.15, 0.2) is 12.1 Å². The lowest BCUT2D eigenvalue weighted by Gasteiger charge is -2.01. The molecule has 0 aliphatic heterocycles. The van der Waals surface area contributed by atoms with Gasteiger partial charge in [0.1, 0.15) is 6.29 Å². The summed E-state index contributed by atoms with van der Waals surface area (Å²) in [6.07, 6.45) is 0.761. The number of benzene rings is 1. The molecule has 0 N–H and O–H groups in total. The Bertz CT molecular complexity index is 294. The van der Waals surface area contributed by atoms with E-state index in [0.717, 1.165) is 11.8 Å². The van der Waals surface area contributed by atoms with E-state index in [0.29, 0.717) is 15.6 Å². The molecule has 0 spiro atoms. The van der Waals surface area contributed by atoms with Crippen molar-refractivity contribution in [2.45, 2.75) is 6.92 Å². The van der Waals surface area contributed by atoms with Crippen molar-refractivity contribution in [3.05, 3.63) is 33.3 Å². The van der Waals surface area contributed by atoms with Gasteiger partial charge < -0.3 is 0 Å². The Kier molecular flexibility index (Phi) is 2.53. The Morgan fingerprint density at radius 2 is 2.00 bits per heavy atom. The molecule has 1 rings (SSSR count). The first-order valence-corrected chi connectivity index (χ1v) is 3.82. The molecule has 0 heterocycles. The van der Waals surface area contributed by atoms with Gasteiger partial charge in [0.05, 0.1) is 10.0 Å². The lowest BCUT2D eigenvalue weighted by molar-refractivity contribution is 0.112. The molecule has 0 unspecified atom stereocenters. The second-order valence-corrected chi connectivity index (χ2v) is 2.98. The summed E-state index contributed by atoms with van der Waals surface area (Å²) in [5.41, 5.74) is 1.31. The first kappa shape index (κ1) is 8.57. The van der Waals surface area contributed by atoms with Gasteiger partial charge in [-0.3, -0.25) is 4.79 Å². The maximum absolute atomic E-state index is 10.4. The molecule has 0 bridgehead atoms. The van der Waals surface area contributed by atoms with Crippen molar-refractivity contribution in [1.82, 2.24) is 0 Å². The monoisotopic (exact) mass is 188 g/mol. The molecule has 58 valence electrons. The minimum atomic E-state index is 0.455. The lowest BCUT2D eigenvalue weighted by atomic mass is 10.1. The van der Waals surface area contributed by atoms with Crippen LogP contribution < -0.4 is 0 Å². The summed E-state index contributed by atoms with van der Waals surface area (Å²) >= 11 is 11.5. The maximum atomic E-state index is 10.4. The Labute approximate surface area is 74.9 Å². The largest absolute Gasteiger partial charge is 0.298 e. The summed E-state index contributed by atoms with van der Waals surface area (Å²) in [5, 5.41) is 0.936. The van der Waals surface area contributed by atoms with E-state index in [4.69, 9.17) is 23.2 Å². The summed E-state index contributed by atoms with van der Waals surface area (Å²) in [7, 11) is 0. The lowest BCUT2D eigenvalue weighted by Crippen LogP contribution is -1.86. The minimum Gasteiger partial charge on any atom is -0.298 e. The third-order valence-corrected chi connectivity index (χ3v) is 2.41. The number of hydrogen-bond donors (Lipinski definition) is 0. The number of rotatable bonds is 1. The summed E-state index contributed by atoms with van der Waals surface area (Å²) in [6, 6.07) is 3.26. The number of carbonyl (C=O) groups excluding carboxylic acids is 1. The molecule has 1 aromatic rings. The van der Waals surface area contributed by atoms with Crippen molar-refractivity contribution >= 4 is 29.5 Å². The fourth-order valence-corrected chi connectivity index (χ4v) is 1.17. The van der Waals surface area contributed by atoms with E-state index in [1.165, 1.54) is 0 Å². The zero-order valence-corrected chi connectivity index (χ0v) is 7.41. The van der Waals surface area contributed by atoms with Crippen LogP contribution in [0.2, 0.25) is 10.0 Å². The minimum absolute atomic E-state index is 0.455. The van der Waals surface area contributed by atoms with E-state index in [2.05, 4.69) is 0 Å². The van der Waals surface area contributed by atoms with Crippen LogP contribution in [-0.4, -0.2) is 6.29 Å². The molecular formula is C8H6Cl2O. The molecule has 1 aromatic carbocycles. The van der Waals surface area contributed by atoms with Gasteiger partial charge in [-0.05, 0) is 24.6 Å². The van der Waals surface area contributed by atoms with E-state index in [9.17, 15) is 4.79 Å². The number of halogens is 2. The van der Waals surface area contributed by atoms with E-state index in [1.54, 1.807) is 19.1 Å². The van der Waals surface area contributed by atoms with Crippen LogP contribution in [0, 0.1) is 6.92 Å². The second kappa shape index (κ2) is 3.24. The van der Waals surface area contributed by atoms with E-state index in [-0.39, 0.29) is 0 Å². The third kappa shape index (κ3) is 1.55. The zero-order chi connectivity index (χ0) is 8.43. The van der Waals surface area contributed by atoms with Crippen LogP contribution in [0.3, 0.4) is 0 Å². The van der Waals surface area contributed by atoms with Crippen molar-refractivity contribution in [1.29, 1.82) is 0 Å². The van der Waals surface area contributed by atoms with Crippen molar-refractivity contribution < 1.29 is 4.79 Å². The molecule has 0 amide bonds. The standard InChI is InChI=1S/C8H6Cl2O/c1-5-6(4-11)2-3-7(9)8(5)10/h2-4H,1H3. The molecule has 0 radical (unpaired) electrons. The molecule has 0 fully saturated rings. The van der Waals surface area contributed by atoms with Crippen LogP contribution in [0.25, 0.3) is 0 Å². The van der Waals surface area contributed by atoms with Gasteiger partial charge in [0.15, 0.2) is 0 Å². The highest BCUT2D eigenvalue weighted by Crippen LogP contribution is 2.26. The van der Waals surface area contributed by atoms with Crippen LogP contribution >= 0.6 is 23.2 Å². The first-order valence-electron chi connectivity index (χ1n) is 3.06. The molecular weight excluding hydrogens is 183 g/mol. The van der Waals surface area contributed by atoms with Gasteiger partial charge in [-0.1, -0.05) is 23.2 Å². The predicted octanol–water partition coefficient (Wildman–Crippen LogP) is 3.11. The molecule has 11 heavy (non-hydrogen) atoms. The number of aldehydes is 1. The average molecular weight is 189 g/mol. The van der Waals surface area contributed by atoms with E-state index in [1.807, 2.05) is 0 Å². The van der Waals surface area contributed by atoms with Crippen molar-refractivity contribution in [3.8, 4) is 0 Å². The fourth-order valence-electron chi connectivity index (χ4n) is 0.795. The quantitative estimate of drug-likeness (QED) is 0.620. The molecule has 0 aliphatic rings. The molecule has 0 saturated carbocycles. The number of carbonyl (C=O) groups is 1. The summed E-state index contributed by atoms with van der Waals surface area (Å²) in [4.78, 5) is 10.4. The molecule has 0 aromatic heterocycles. The molecule has 0 saturated heterocycles. The second-order valence-electron chi connectivity index (χ2n) is 2.19. The van der Waals surface area contributed by atoms with Crippen molar-refractivity contribution in [3.63, 3.8) is 0 Å². The highest BCUT2D eigenvalue weighted by Gasteiger charge is 2.04. The number of hydrogen-bond acceptors (Lipinski definition) is 1. The van der Waals surface area contributed by atoms with Crippen molar-refractivity contribution in [2.75, 3.05) is 0 Å². The van der Waals surface area contributed by atoms with Crippen LogP contribution in [0.5, 0.6) is 0 Å². The highest BCUT2D eigenvalue weighted by atomic mass is 35.5. The van der Waals surface area contributed by atoms with Crippen LogP contribution in [0.1, 0.15) is 15.9 Å². The third-order valence-electron chi connectivity index (χ3n) is 1.51. The topological polar surface area (TPSA) is 17.1 Å². The van der Waals surface area contributed by atoms with Crippen LogP contribution in [0.4, 0.5) is 0 Å². The smallest absolute Gasteiger partial charge is 0.150 e. The van der Waals surface area contributed by atoms with Gasteiger partial charge in [0, 0.05) is 5.56 Å². The first-order chi connectivity index (χ1) is 5.16. The highest BCUT2D eigenvalue weighted by molar-refractivity contribution is 6.42. The normalized spacial score (nSPS) is 9.73. The maximum Gasteiger partial charge on any atom is 0.150 e. The Morgan fingerprint density at radius 1 is 1.36 bits per heavy atom. The molecule has 0 atom stereocenters. The fraction of sp³-hybridized carbons (Fsp3) is 0.125. The SMILES string of the molecule is Cc1c(C=O)ccc(Cl)c1Cl. The van der Waals surface area contributed by atoms with Crippen LogP contribution in [-0.2, 0) is 0 Å². The van der Waals surface area contributed by atoms with Gasteiger partial charge in [-0.15, -0.1) is 0 Å². The summed E-state index contributed by atoms with van der Waals surface area (Å²) in [5.74, 6) is 0. The molecule has 1 nitrogen and oxygen atoms in total. The molecule has 0 aliphatic carbocycles. The summed E-state index contributed by atoms with van der Waals surface area (Å²) in [6.45, 7) is 1.76. The summed E-state index contributed by atoms with van der Waals surface area (Å²) < 4.78 is 0.